The fourth-order valence-electron chi connectivity index (χ4n) is 3.36. The van der Waals surface area contributed by atoms with Crippen LogP contribution in [0.2, 0.25) is 0 Å². The smallest absolute Gasteiger partial charge is 0.293 e. The molecule has 0 fully saturated rings. The van der Waals surface area contributed by atoms with Crippen molar-refractivity contribution in [2.75, 3.05) is 12.4 Å². The molecule has 0 aliphatic heterocycles. The number of nitro groups is 1. The number of fused-ring (bicyclic) bond motifs is 1. The number of ether oxygens (including phenoxy) is 1. The van der Waals surface area contributed by atoms with Gasteiger partial charge in [-0.05, 0) is 55.0 Å². The highest BCUT2D eigenvalue weighted by Gasteiger charge is 2.19. The number of pyridine rings is 1. The Bertz CT molecular complexity index is 1300. The Hall–Kier alpha value is -4.26. The summed E-state index contributed by atoms with van der Waals surface area (Å²) in [5, 5.41) is 14.8. The van der Waals surface area contributed by atoms with Crippen molar-refractivity contribution in [1.82, 2.24) is 4.98 Å². The highest BCUT2D eigenvalue weighted by molar-refractivity contribution is 6.13. The largest absolute Gasteiger partial charge is 0.497 e. The van der Waals surface area contributed by atoms with Crippen molar-refractivity contribution >= 4 is 28.2 Å². The van der Waals surface area contributed by atoms with Gasteiger partial charge in [-0.1, -0.05) is 24.3 Å². The number of hydrogen-bond acceptors (Lipinski definition) is 5. The summed E-state index contributed by atoms with van der Waals surface area (Å²) < 4.78 is 5.20. The third-order valence-corrected chi connectivity index (χ3v) is 4.94. The summed E-state index contributed by atoms with van der Waals surface area (Å²) in [6, 6.07) is 21.1. The second kappa shape index (κ2) is 8.23. The summed E-state index contributed by atoms with van der Waals surface area (Å²) in [5.74, 6) is 0.273. The number of anilines is 1. The lowest BCUT2D eigenvalue weighted by atomic mass is 10.0. The van der Waals surface area contributed by atoms with Crippen molar-refractivity contribution in [2.45, 2.75) is 6.92 Å². The maximum atomic E-state index is 13.2. The summed E-state index contributed by atoms with van der Waals surface area (Å²) >= 11 is 0. The number of rotatable bonds is 5. The fourth-order valence-corrected chi connectivity index (χ4v) is 3.36. The Balaban J connectivity index is 1.79. The second-order valence-electron chi connectivity index (χ2n) is 7.03. The quantitative estimate of drug-likeness (QED) is 0.350. The van der Waals surface area contributed by atoms with Gasteiger partial charge in [0.05, 0.1) is 28.8 Å². The fraction of sp³-hybridized carbons (Fsp3) is 0.0833. The van der Waals surface area contributed by atoms with Gasteiger partial charge in [-0.3, -0.25) is 14.9 Å². The number of carbonyl (C=O) groups excluding carboxylic acids is 1. The van der Waals surface area contributed by atoms with Crippen LogP contribution < -0.4 is 10.1 Å². The predicted molar refractivity (Wildman–Crippen MR) is 120 cm³/mol. The van der Waals surface area contributed by atoms with E-state index in [1.54, 1.807) is 38.3 Å². The van der Waals surface area contributed by atoms with Gasteiger partial charge in [-0.25, -0.2) is 4.98 Å². The average Bonchev–Trinajstić information content (AvgIpc) is 2.79. The molecule has 0 bridgehead atoms. The SMILES string of the molecule is COc1ccc(-c2cc(C(=O)Nc3ccc(C)cc3[N+](=O)[O-])c3ccccc3n2)cc1. The molecule has 0 unspecified atom stereocenters. The Morgan fingerprint density at radius 2 is 1.77 bits per heavy atom. The molecule has 4 aromatic rings. The molecule has 3 aromatic carbocycles. The predicted octanol–water partition coefficient (Wildman–Crippen LogP) is 5.38. The van der Waals surface area contributed by atoms with Crippen LogP contribution in [0.5, 0.6) is 5.75 Å². The molecule has 0 saturated heterocycles. The van der Waals surface area contributed by atoms with Gasteiger partial charge in [-0.2, -0.15) is 0 Å². The van der Waals surface area contributed by atoms with E-state index >= 15 is 0 Å². The number of hydrogen-bond donors (Lipinski definition) is 1. The van der Waals surface area contributed by atoms with Gasteiger partial charge in [0.2, 0.25) is 0 Å². The number of aromatic nitrogens is 1. The highest BCUT2D eigenvalue weighted by Crippen LogP contribution is 2.29. The van der Waals surface area contributed by atoms with Crippen molar-refractivity contribution in [1.29, 1.82) is 0 Å². The number of nitro benzene ring substituents is 1. The molecule has 1 N–H and O–H groups in total. The Morgan fingerprint density at radius 1 is 1.03 bits per heavy atom. The van der Waals surface area contributed by atoms with E-state index in [4.69, 9.17) is 4.74 Å². The molecular weight excluding hydrogens is 394 g/mol. The molecule has 1 aromatic heterocycles. The Morgan fingerprint density at radius 3 is 2.48 bits per heavy atom. The molecule has 4 rings (SSSR count). The minimum absolute atomic E-state index is 0.146. The van der Waals surface area contributed by atoms with Gasteiger partial charge in [0.15, 0.2) is 0 Å². The summed E-state index contributed by atoms with van der Waals surface area (Å²) in [5.41, 5.74) is 3.20. The van der Waals surface area contributed by atoms with Crippen LogP contribution in [-0.4, -0.2) is 22.9 Å². The van der Waals surface area contributed by atoms with Crippen LogP contribution in [0, 0.1) is 17.0 Å². The normalized spacial score (nSPS) is 10.6. The number of methoxy groups -OCH3 is 1. The van der Waals surface area contributed by atoms with Gasteiger partial charge in [0, 0.05) is 17.0 Å². The molecule has 0 spiro atoms. The third kappa shape index (κ3) is 4.06. The molecule has 0 saturated carbocycles. The molecule has 7 heteroatoms. The van der Waals surface area contributed by atoms with Gasteiger partial charge >= 0.3 is 0 Å². The maximum absolute atomic E-state index is 13.2. The van der Waals surface area contributed by atoms with E-state index in [9.17, 15) is 14.9 Å². The summed E-state index contributed by atoms with van der Waals surface area (Å²) in [6.07, 6.45) is 0. The minimum Gasteiger partial charge on any atom is -0.497 e. The van der Waals surface area contributed by atoms with E-state index in [-0.39, 0.29) is 11.4 Å². The zero-order valence-electron chi connectivity index (χ0n) is 17.0. The van der Waals surface area contributed by atoms with Crippen molar-refractivity contribution in [3.8, 4) is 17.0 Å². The Labute approximate surface area is 178 Å². The molecule has 0 aliphatic rings. The number of aryl methyl sites for hydroxylation is 1. The van der Waals surface area contributed by atoms with E-state index in [2.05, 4.69) is 10.3 Å². The number of para-hydroxylation sites is 1. The zero-order valence-corrected chi connectivity index (χ0v) is 17.0. The molecule has 154 valence electrons. The first-order chi connectivity index (χ1) is 15.0. The van der Waals surface area contributed by atoms with Gasteiger partial charge in [0.1, 0.15) is 11.4 Å². The molecule has 31 heavy (non-hydrogen) atoms. The summed E-state index contributed by atoms with van der Waals surface area (Å²) in [6.45, 7) is 1.76. The molecule has 7 nitrogen and oxygen atoms in total. The van der Waals surface area contributed by atoms with Crippen LogP contribution in [0.1, 0.15) is 15.9 Å². The first-order valence-corrected chi connectivity index (χ1v) is 9.57. The van der Waals surface area contributed by atoms with Crippen molar-refractivity contribution in [3.63, 3.8) is 0 Å². The van der Waals surface area contributed by atoms with E-state index in [0.29, 0.717) is 27.9 Å². The van der Waals surface area contributed by atoms with Gasteiger partial charge in [-0.15, -0.1) is 0 Å². The van der Waals surface area contributed by atoms with Crippen LogP contribution in [0.15, 0.2) is 72.8 Å². The lowest BCUT2D eigenvalue weighted by Gasteiger charge is -2.11. The van der Waals surface area contributed by atoms with Crippen molar-refractivity contribution < 1.29 is 14.5 Å². The molecule has 0 atom stereocenters. The number of benzene rings is 3. The molecule has 0 aliphatic carbocycles. The first kappa shape index (κ1) is 20.0. The maximum Gasteiger partial charge on any atom is 0.293 e. The molecule has 1 heterocycles. The lowest BCUT2D eigenvalue weighted by molar-refractivity contribution is -0.384. The van der Waals surface area contributed by atoms with Crippen LogP contribution >= 0.6 is 0 Å². The van der Waals surface area contributed by atoms with E-state index in [1.165, 1.54) is 6.07 Å². The van der Waals surface area contributed by atoms with E-state index in [0.717, 1.165) is 11.1 Å². The molecule has 0 radical (unpaired) electrons. The molecular formula is C24H19N3O4. The van der Waals surface area contributed by atoms with Crippen molar-refractivity contribution in [3.05, 3.63) is 94.0 Å². The summed E-state index contributed by atoms with van der Waals surface area (Å²) in [4.78, 5) is 28.8. The Kier molecular flexibility index (Phi) is 5.32. The number of amides is 1. The lowest BCUT2D eigenvalue weighted by Crippen LogP contribution is -2.14. The van der Waals surface area contributed by atoms with Gasteiger partial charge in [0.25, 0.3) is 11.6 Å². The monoisotopic (exact) mass is 413 g/mol. The average molecular weight is 413 g/mol. The summed E-state index contributed by atoms with van der Waals surface area (Å²) in [7, 11) is 1.59. The van der Waals surface area contributed by atoms with Crippen LogP contribution in [0.3, 0.4) is 0 Å². The van der Waals surface area contributed by atoms with Crippen LogP contribution in [-0.2, 0) is 0 Å². The van der Waals surface area contributed by atoms with Crippen molar-refractivity contribution in [2.24, 2.45) is 0 Å². The zero-order chi connectivity index (χ0) is 22.0. The number of carbonyl (C=O) groups is 1. The molecule has 1 amide bonds. The topological polar surface area (TPSA) is 94.4 Å². The van der Waals surface area contributed by atoms with E-state index in [1.807, 2.05) is 42.5 Å². The van der Waals surface area contributed by atoms with Crippen LogP contribution in [0.4, 0.5) is 11.4 Å². The van der Waals surface area contributed by atoms with Crippen LogP contribution in [0.25, 0.3) is 22.2 Å². The van der Waals surface area contributed by atoms with Gasteiger partial charge < -0.3 is 10.1 Å². The standard InChI is InChI=1S/C24H19N3O4/c1-15-7-12-21(23(13-15)27(29)30)26-24(28)19-14-22(16-8-10-17(31-2)11-9-16)25-20-6-4-3-5-18(19)20/h3-14H,1-2H3,(H,26,28). The minimum atomic E-state index is -0.504. The number of nitrogens with zero attached hydrogens (tertiary/aromatic N) is 2. The highest BCUT2D eigenvalue weighted by atomic mass is 16.6. The number of nitrogens with one attached hydrogen (secondary N) is 1. The van der Waals surface area contributed by atoms with E-state index < -0.39 is 10.8 Å². The first-order valence-electron chi connectivity index (χ1n) is 9.57. The second-order valence-corrected chi connectivity index (χ2v) is 7.03. The third-order valence-electron chi connectivity index (χ3n) is 4.94.